The van der Waals surface area contributed by atoms with Gasteiger partial charge < -0.3 is 18.8 Å². The van der Waals surface area contributed by atoms with E-state index in [1.54, 1.807) is 19.4 Å². The number of halogens is 1. The Labute approximate surface area is 228 Å². The van der Waals surface area contributed by atoms with Crippen molar-refractivity contribution >= 4 is 5.91 Å². The maximum atomic E-state index is 13.6. The lowest BCUT2D eigenvalue weighted by Crippen LogP contribution is -2.41. The van der Waals surface area contributed by atoms with Gasteiger partial charge in [0.15, 0.2) is 17.9 Å². The zero-order valence-corrected chi connectivity index (χ0v) is 22.6. The molecule has 0 bridgehead atoms. The SMILES string of the molecule is COc1cc2c(cc1OCCc1cccc(F)c1)C(c1ccc(C)cc1C)N(C(=O)CCc1cocn1)CC2. The van der Waals surface area contributed by atoms with Crippen molar-refractivity contribution in [1.82, 2.24) is 9.88 Å². The van der Waals surface area contributed by atoms with Crippen molar-refractivity contribution in [3.8, 4) is 11.5 Å². The number of rotatable bonds is 9. The molecular formula is C32H33FN2O4. The highest BCUT2D eigenvalue weighted by atomic mass is 19.1. The summed E-state index contributed by atoms with van der Waals surface area (Å²) < 4.78 is 30.6. The predicted octanol–water partition coefficient (Wildman–Crippen LogP) is 6.17. The van der Waals surface area contributed by atoms with Crippen LogP contribution < -0.4 is 9.47 Å². The molecule has 5 rings (SSSR count). The molecule has 1 aliphatic rings. The van der Waals surface area contributed by atoms with Crippen LogP contribution in [0.4, 0.5) is 4.39 Å². The van der Waals surface area contributed by atoms with Crippen LogP contribution in [0.1, 0.15) is 51.5 Å². The topological polar surface area (TPSA) is 64.8 Å². The lowest BCUT2D eigenvalue weighted by Gasteiger charge is -2.39. The molecule has 0 N–H and O–H groups in total. The molecule has 202 valence electrons. The number of hydrogen-bond acceptors (Lipinski definition) is 5. The van der Waals surface area contributed by atoms with E-state index in [-0.39, 0.29) is 17.8 Å². The summed E-state index contributed by atoms with van der Waals surface area (Å²) in [6.45, 7) is 5.13. The van der Waals surface area contributed by atoms with Crippen molar-refractivity contribution in [3.05, 3.63) is 112 Å². The molecule has 1 aliphatic heterocycles. The van der Waals surface area contributed by atoms with Crippen LogP contribution in [0.5, 0.6) is 11.5 Å². The van der Waals surface area contributed by atoms with Gasteiger partial charge >= 0.3 is 0 Å². The van der Waals surface area contributed by atoms with Gasteiger partial charge in [0.2, 0.25) is 5.91 Å². The minimum Gasteiger partial charge on any atom is -0.493 e. The first-order chi connectivity index (χ1) is 18.9. The minimum atomic E-state index is -0.261. The highest BCUT2D eigenvalue weighted by molar-refractivity contribution is 5.78. The second kappa shape index (κ2) is 11.7. The molecule has 0 radical (unpaired) electrons. The number of carbonyl (C=O) groups is 1. The Hall–Kier alpha value is -4.13. The summed E-state index contributed by atoms with van der Waals surface area (Å²) in [4.78, 5) is 19.8. The van der Waals surface area contributed by atoms with Gasteiger partial charge in [0, 0.05) is 25.8 Å². The maximum Gasteiger partial charge on any atom is 0.223 e. The first-order valence-electron chi connectivity index (χ1n) is 13.2. The van der Waals surface area contributed by atoms with Crippen molar-refractivity contribution in [2.45, 2.75) is 45.6 Å². The molecule has 1 aromatic heterocycles. The quantitative estimate of drug-likeness (QED) is 0.260. The van der Waals surface area contributed by atoms with Crippen molar-refractivity contribution in [2.24, 2.45) is 0 Å². The molecule has 2 heterocycles. The second-order valence-electron chi connectivity index (χ2n) is 10.0. The molecule has 0 saturated heterocycles. The van der Waals surface area contributed by atoms with Gasteiger partial charge in [0.05, 0.1) is 25.5 Å². The zero-order chi connectivity index (χ0) is 27.4. The van der Waals surface area contributed by atoms with Crippen LogP contribution in [0.3, 0.4) is 0 Å². The molecule has 7 heteroatoms. The fourth-order valence-electron chi connectivity index (χ4n) is 5.35. The lowest BCUT2D eigenvalue weighted by molar-refractivity contribution is -0.133. The van der Waals surface area contributed by atoms with Gasteiger partial charge in [0.25, 0.3) is 0 Å². The van der Waals surface area contributed by atoms with Crippen molar-refractivity contribution in [1.29, 1.82) is 0 Å². The smallest absolute Gasteiger partial charge is 0.223 e. The van der Waals surface area contributed by atoms with Gasteiger partial charge in [-0.15, -0.1) is 0 Å². The Kier molecular flexibility index (Phi) is 7.96. The van der Waals surface area contributed by atoms with E-state index in [2.05, 4.69) is 37.0 Å². The number of nitrogens with zero attached hydrogens (tertiary/aromatic N) is 2. The Bertz CT molecular complexity index is 1450. The lowest BCUT2D eigenvalue weighted by atomic mass is 9.85. The maximum absolute atomic E-state index is 13.6. The number of hydrogen-bond donors (Lipinski definition) is 0. The Morgan fingerprint density at radius 3 is 2.69 bits per heavy atom. The van der Waals surface area contributed by atoms with Gasteiger partial charge in [-0.05, 0) is 72.4 Å². The summed E-state index contributed by atoms with van der Waals surface area (Å²) in [5, 5.41) is 0. The van der Waals surface area contributed by atoms with E-state index >= 15 is 0 Å². The largest absolute Gasteiger partial charge is 0.493 e. The Morgan fingerprint density at radius 1 is 1.08 bits per heavy atom. The Morgan fingerprint density at radius 2 is 1.95 bits per heavy atom. The number of benzene rings is 3. The summed E-state index contributed by atoms with van der Waals surface area (Å²) in [7, 11) is 1.63. The summed E-state index contributed by atoms with van der Waals surface area (Å²) in [5.41, 5.74) is 7.19. The highest BCUT2D eigenvalue weighted by Crippen LogP contribution is 2.42. The molecule has 0 saturated carbocycles. The van der Waals surface area contributed by atoms with E-state index in [1.165, 1.54) is 24.1 Å². The average molecular weight is 529 g/mol. The number of carbonyl (C=O) groups excluding carboxylic acids is 1. The van der Waals surface area contributed by atoms with Crippen LogP contribution in [0.2, 0.25) is 0 Å². The molecule has 1 unspecified atom stereocenters. The van der Waals surface area contributed by atoms with E-state index in [1.807, 2.05) is 23.1 Å². The molecular weight excluding hydrogens is 495 g/mol. The summed E-state index contributed by atoms with van der Waals surface area (Å²) in [5.74, 6) is 1.07. The third-order valence-electron chi connectivity index (χ3n) is 7.31. The second-order valence-corrected chi connectivity index (χ2v) is 10.0. The fourth-order valence-corrected chi connectivity index (χ4v) is 5.35. The fraction of sp³-hybridized carbons (Fsp3) is 0.312. The summed E-state index contributed by atoms with van der Waals surface area (Å²) in [6, 6.07) is 16.7. The van der Waals surface area contributed by atoms with Crippen molar-refractivity contribution in [2.75, 3.05) is 20.3 Å². The number of amides is 1. The van der Waals surface area contributed by atoms with Crippen LogP contribution >= 0.6 is 0 Å². The van der Waals surface area contributed by atoms with Crippen LogP contribution in [0.15, 0.2) is 71.7 Å². The van der Waals surface area contributed by atoms with Gasteiger partial charge in [0.1, 0.15) is 12.1 Å². The van der Waals surface area contributed by atoms with Crippen molar-refractivity contribution < 1.29 is 23.1 Å². The minimum absolute atomic E-state index is 0.0676. The number of oxazole rings is 1. The van der Waals surface area contributed by atoms with Crippen LogP contribution in [-0.2, 0) is 24.1 Å². The summed E-state index contributed by atoms with van der Waals surface area (Å²) >= 11 is 0. The van der Waals surface area contributed by atoms with E-state index in [0.717, 1.165) is 33.5 Å². The van der Waals surface area contributed by atoms with E-state index in [4.69, 9.17) is 13.9 Å². The van der Waals surface area contributed by atoms with E-state index in [0.29, 0.717) is 50.3 Å². The summed E-state index contributed by atoms with van der Waals surface area (Å²) in [6.07, 6.45) is 5.11. The molecule has 1 amide bonds. The molecule has 6 nitrogen and oxygen atoms in total. The van der Waals surface area contributed by atoms with Gasteiger partial charge in [-0.25, -0.2) is 9.37 Å². The molecule has 0 spiro atoms. The van der Waals surface area contributed by atoms with Gasteiger partial charge in [-0.2, -0.15) is 0 Å². The van der Waals surface area contributed by atoms with Crippen LogP contribution in [0.25, 0.3) is 0 Å². The van der Waals surface area contributed by atoms with Gasteiger partial charge in [-0.1, -0.05) is 35.9 Å². The monoisotopic (exact) mass is 528 g/mol. The number of fused-ring (bicyclic) bond motifs is 1. The normalized spacial score (nSPS) is 14.7. The standard InChI is InChI=1S/C32H33FN2O4/c1-21-7-9-27(22(2)15-21)32-28-18-30(39-14-12-23-5-4-6-25(33)16-23)29(37-3)17-24(28)11-13-35(32)31(36)10-8-26-19-38-20-34-26/h4-7,9,15-20,32H,8,10-14H2,1-3H3. The van der Waals surface area contributed by atoms with Crippen molar-refractivity contribution in [3.63, 3.8) is 0 Å². The van der Waals surface area contributed by atoms with Crippen LogP contribution in [0, 0.1) is 19.7 Å². The third kappa shape index (κ3) is 5.98. The molecule has 0 aliphatic carbocycles. The van der Waals surface area contributed by atoms with Gasteiger partial charge in [-0.3, -0.25) is 4.79 Å². The van der Waals surface area contributed by atoms with Crippen LogP contribution in [-0.4, -0.2) is 36.1 Å². The first-order valence-corrected chi connectivity index (χ1v) is 13.2. The molecule has 39 heavy (non-hydrogen) atoms. The Balaban J connectivity index is 1.47. The molecule has 3 aromatic carbocycles. The molecule has 4 aromatic rings. The van der Waals surface area contributed by atoms with E-state index in [9.17, 15) is 9.18 Å². The number of aryl methyl sites for hydroxylation is 3. The predicted molar refractivity (Wildman–Crippen MR) is 147 cm³/mol. The first kappa shape index (κ1) is 26.5. The molecule has 1 atom stereocenters. The highest BCUT2D eigenvalue weighted by Gasteiger charge is 2.34. The zero-order valence-electron chi connectivity index (χ0n) is 22.6. The number of ether oxygens (including phenoxy) is 2. The average Bonchev–Trinajstić information content (AvgIpc) is 3.45. The third-order valence-corrected chi connectivity index (χ3v) is 7.31. The molecule has 0 fully saturated rings. The number of aromatic nitrogens is 1. The van der Waals surface area contributed by atoms with E-state index < -0.39 is 0 Å². The number of methoxy groups -OCH3 is 1.